The summed E-state index contributed by atoms with van der Waals surface area (Å²) in [6.45, 7) is 0. The average molecular weight is 565 g/mol. The van der Waals surface area contributed by atoms with Crippen molar-refractivity contribution in [3.8, 4) is 16.8 Å². The van der Waals surface area contributed by atoms with E-state index in [2.05, 4.69) is 149 Å². The standard InChI is InChI=1S/C40H24N2S/c1-2-8-27(9-3-1)42-35-12-6-4-10-28(35)33-23-26(17-21-36(33)42)25-16-20-34-32(22-25)30-18-14-24-15-19-31-29-11-5-7-13-37(29)43-40(31)38(24)39(30)41-34/h1-23,41H. The van der Waals surface area contributed by atoms with E-state index in [9.17, 15) is 0 Å². The molecule has 0 radical (unpaired) electrons. The highest BCUT2D eigenvalue weighted by Gasteiger charge is 2.16. The first-order valence-corrected chi connectivity index (χ1v) is 15.5. The Morgan fingerprint density at radius 2 is 1.19 bits per heavy atom. The molecular weight excluding hydrogens is 541 g/mol. The number of rotatable bonds is 2. The van der Waals surface area contributed by atoms with E-state index in [0.29, 0.717) is 0 Å². The second-order valence-electron chi connectivity index (χ2n) is 11.4. The van der Waals surface area contributed by atoms with Gasteiger partial charge in [0.15, 0.2) is 0 Å². The molecule has 200 valence electrons. The largest absolute Gasteiger partial charge is 0.354 e. The third-order valence-corrected chi connectivity index (χ3v) is 10.3. The second-order valence-corrected chi connectivity index (χ2v) is 12.5. The van der Waals surface area contributed by atoms with E-state index in [1.807, 2.05) is 11.3 Å². The van der Waals surface area contributed by atoms with Crippen molar-refractivity contribution in [2.75, 3.05) is 0 Å². The molecule has 10 aromatic rings. The van der Waals surface area contributed by atoms with E-state index in [-0.39, 0.29) is 0 Å². The molecule has 3 heterocycles. The lowest BCUT2D eigenvalue weighted by Gasteiger charge is -2.08. The molecule has 0 unspecified atom stereocenters. The number of aromatic amines is 1. The Labute approximate surface area is 251 Å². The minimum absolute atomic E-state index is 1.17. The van der Waals surface area contributed by atoms with Crippen molar-refractivity contribution >= 4 is 85.9 Å². The topological polar surface area (TPSA) is 20.7 Å². The van der Waals surface area contributed by atoms with Crippen LogP contribution in [-0.2, 0) is 0 Å². The zero-order valence-corrected chi connectivity index (χ0v) is 24.0. The molecule has 0 fully saturated rings. The van der Waals surface area contributed by atoms with Crippen molar-refractivity contribution in [1.82, 2.24) is 9.55 Å². The Hall–Kier alpha value is -5.38. The summed E-state index contributed by atoms with van der Waals surface area (Å²) in [5.74, 6) is 0. The Morgan fingerprint density at radius 1 is 0.488 bits per heavy atom. The van der Waals surface area contributed by atoms with Gasteiger partial charge in [-0.15, -0.1) is 11.3 Å². The van der Waals surface area contributed by atoms with E-state index in [1.54, 1.807) is 0 Å². The lowest BCUT2D eigenvalue weighted by molar-refractivity contribution is 1.18. The normalized spacial score (nSPS) is 12.2. The fourth-order valence-electron chi connectivity index (χ4n) is 7.14. The summed E-state index contributed by atoms with van der Waals surface area (Å²) in [5.41, 5.74) is 8.49. The van der Waals surface area contributed by atoms with Gasteiger partial charge in [-0.05, 0) is 65.0 Å². The Kier molecular flexibility index (Phi) is 4.63. The average Bonchev–Trinajstić information content (AvgIpc) is 3.74. The van der Waals surface area contributed by atoms with Gasteiger partial charge in [0.1, 0.15) is 0 Å². The number of thiophene rings is 1. The molecule has 0 atom stereocenters. The summed E-state index contributed by atoms with van der Waals surface area (Å²) in [6.07, 6.45) is 0. The number of benzene rings is 7. The molecule has 43 heavy (non-hydrogen) atoms. The molecule has 2 nitrogen and oxygen atoms in total. The Morgan fingerprint density at radius 3 is 2.07 bits per heavy atom. The fourth-order valence-corrected chi connectivity index (χ4v) is 8.41. The monoisotopic (exact) mass is 564 g/mol. The number of hydrogen-bond acceptors (Lipinski definition) is 1. The van der Waals surface area contributed by atoms with Gasteiger partial charge in [0.05, 0.1) is 16.6 Å². The smallest absolute Gasteiger partial charge is 0.0559 e. The van der Waals surface area contributed by atoms with Crippen LogP contribution in [0.5, 0.6) is 0 Å². The molecule has 1 N–H and O–H groups in total. The zero-order valence-electron chi connectivity index (χ0n) is 23.1. The lowest BCUT2D eigenvalue weighted by Crippen LogP contribution is -1.92. The number of nitrogens with zero attached hydrogens (tertiary/aromatic N) is 1. The molecule has 0 aliphatic heterocycles. The van der Waals surface area contributed by atoms with Crippen LogP contribution in [0.3, 0.4) is 0 Å². The maximum absolute atomic E-state index is 3.81. The Bertz CT molecular complexity index is 2720. The molecule has 0 bridgehead atoms. The number of para-hydroxylation sites is 2. The SMILES string of the molecule is c1ccc(-n2c3ccccc3c3cc(-c4ccc5[nH]c6c(ccc7ccc8c9ccccc9sc8c76)c5c4)ccc32)cc1. The maximum atomic E-state index is 3.81. The number of aromatic nitrogens is 2. The first-order valence-electron chi connectivity index (χ1n) is 14.7. The van der Waals surface area contributed by atoms with Crippen molar-refractivity contribution in [3.05, 3.63) is 140 Å². The van der Waals surface area contributed by atoms with Crippen molar-refractivity contribution < 1.29 is 0 Å². The second kappa shape index (κ2) is 8.57. The van der Waals surface area contributed by atoms with Crippen LogP contribution in [0.4, 0.5) is 0 Å². The minimum Gasteiger partial charge on any atom is -0.354 e. The molecule has 0 spiro atoms. The molecule has 0 amide bonds. The van der Waals surface area contributed by atoms with Crippen molar-refractivity contribution in [3.63, 3.8) is 0 Å². The van der Waals surface area contributed by atoms with Gasteiger partial charge < -0.3 is 9.55 Å². The molecule has 0 saturated heterocycles. The summed E-state index contributed by atoms with van der Waals surface area (Å²) in [5, 5.41) is 10.4. The van der Waals surface area contributed by atoms with E-state index in [4.69, 9.17) is 0 Å². The van der Waals surface area contributed by atoms with Gasteiger partial charge in [-0.3, -0.25) is 0 Å². The molecule has 10 rings (SSSR count). The minimum atomic E-state index is 1.17. The molecule has 7 aromatic carbocycles. The molecular formula is C40H24N2S. The van der Waals surface area contributed by atoms with E-state index in [1.165, 1.54) is 91.4 Å². The zero-order chi connectivity index (χ0) is 28.1. The van der Waals surface area contributed by atoms with Gasteiger partial charge in [0.25, 0.3) is 0 Å². The quantitative estimate of drug-likeness (QED) is 0.216. The molecule has 3 aromatic heterocycles. The number of fused-ring (bicyclic) bond motifs is 12. The first-order chi connectivity index (χ1) is 21.3. The summed E-state index contributed by atoms with van der Waals surface area (Å²) in [6, 6.07) is 51.0. The van der Waals surface area contributed by atoms with Crippen LogP contribution in [0.1, 0.15) is 0 Å². The molecule has 0 aliphatic rings. The summed E-state index contributed by atoms with van der Waals surface area (Å²) in [7, 11) is 0. The van der Waals surface area contributed by atoms with Crippen LogP contribution >= 0.6 is 11.3 Å². The van der Waals surface area contributed by atoms with E-state index < -0.39 is 0 Å². The van der Waals surface area contributed by atoms with Gasteiger partial charge in [0, 0.05) is 58.3 Å². The predicted octanol–water partition coefficient (Wildman–Crippen LogP) is 11.6. The van der Waals surface area contributed by atoms with E-state index >= 15 is 0 Å². The number of nitrogens with one attached hydrogen (secondary N) is 1. The summed E-state index contributed by atoms with van der Waals surface area (Å²) in [4.78, 5) is 3.81. The molecule has 0 aliphatic carbocycles. The first kappa shape index (κ1) is 23.2. The van der Waals surface area contributed by atoms with Crippen molar-refractivity contribution in [2.24, 2.45) is 0 Å². The van der Waals surface area contributed by atoms with Crippen LogP contribution in [0.25, 0.3) is 91.4 Å². The van der Waals surface area contributed by atoms with Crippen LogP contribution in [0.15, 0.2) is 140 Å². The molecule has 3 heteroatoms. The summed E-state index contributed by atoms with van der Waals surface area (Å²) >= 11 is 1.90. The highest BCUT2D eigenvalue weighted by atomic mass is 32.1. The van der Waals surface area contributed by atoms with Gasteiger partial charge in [-0.2, -0.15) is 0 Å². The van der Waals surface area contributed by atoms with Gasteiger partial charge in [-0.25, -0.2) is 0 Å². The predicted molar refractivity (Wildman–Crippen MR) is 186 cm³/mol. The highest BCUT2D eigenvalue weighted by molar-refractivity contribution is 7.26. The van der Waals surface area contributed by atoms with Crippen molar-refractivity contribution in [1.29, 1.82) is 0 Å². The maximum Gasteiger partial charge on any atom is 0.0559 e. The van der Waals surface area contributed by atoms with Gasteiger partial charge in [0.2, 0.25) is 0 Å². The third kappa shape index (κ3) is 3.23. The lowest BCUT2D eigenvalue weighted by atomic mass is 9.99. The van der Waals surface area contributed by atoms with Crippen LogP contribution < -0.4 is 0 Å². The van der Waals surface area contributed by atoms with Gasteiger partial charge in [-0.1, -0.05) is 91.0 Å². The van der Waals surface area contributed by atoms with Crippen LogP contribution in [-0.4, -0.2) is 9.55 Å². The van der Waals surface area contributed by atoms with Crippen molar-refractivity contribution in [2.45, 2.75) is 0 Å². The number of H-pyrrole nitrogens is 1. The van der Waals surface area contributed by atoms with Gasteiger partial charge >= 0.3 is 0 Å². The van der Waals surface area contributed by atoms with Crippen LogP contribution in [0.2, 0.25) is 0 Å². The van der Waals surface area contributed by atoms with Crippen LogP contribution in [0, 0.1) is 0 Å². The highest BCUT2D eigenvalue weighted by Crippen LogP contribution is 2.43. The third-order valence-electron chi connectivity index (χ3n) is 9.12. The number of hydrogen-bond donors (Lipinski definition) is 1. The summed E-state index contributed by atoms with van der Waals surface area (Å²) < 4.78 is 5.07. The molecule has 0 saturated carbocycles. The van der Waals surface area contributed by atoms with E-state index in [0.717, 1.165) is 0 Å². The fraction of sp³-hybridized carbons (Fsp3) is 0. The Balaban J connectivity index is 1.20.